The van der Waals surface area contributed by atoms with E-state index in [-0.39, 0.29) is 17.0 Å². The lowest BCUT2D eigenvalue weighted by Crippen LogP contribution is -2.28. The van der Waals surface area contributed by atoms with E-state index in [1.54, 1.807) is 10.9 Å². The highest BCUT2D eigenvalue weighted by molar-refractivity contribution is 7.92. The molecule has 0 atom stereocenters. The van der Waals surface area contributed by atoms with Crippen LogP contribution in [0.5, 0.6) is 5.75 Å². The quantitative estimate of drug-likeness (QED) is 0.648. The number of anilines is 1. The molecule has 0 radical (unpaired) electrons. The highest BCUT2D eigenvalue weighted by Gasteiger charge is 2.34. The normalized spacial score (nSPS) is 16.5. The molecule has 0 spiro atoms. The van der Waals surface area contributed by atoms with Crippen LogP contribution in [0, 0.1) is 5.41 Å². The molecular weight excluding hydrogens is 380 g/mol. The zero-order chi connectivity index (χ0) is 19.8. The lowest BCUT2D eigenvalue weighted by Gasteiger charge is -2.22. The maximum Gasteiger partial charge on any atom is 0.234 e. The number of benzene rings is 1. The Kier molecular flexibility index (Phi) is 4.78. The van der Waals surface area contributed by atoms with Crippen molar-refractivity contribution in [3.05, 3.63) is 36.2 Å². The molecule has 0 aliphatic heterocycles. The van der Waals surface area contributed by atoms with Gasteiger partial charge >= 0.3 is 0 Å². The molecule has 1 saturated carbocycles. The minimum atomic E-state index is -3.56. The van der Waals surface area contributed by atoms with Crippen LogP contribution in [0.4, 0.5) is 5.82 Å². The molecule has 1 aromatic carbocycles. The summed E-state index contributed by atoms with van der Waals surface area (Å²) in [5, 5.41) is 8.67. The summed E-state index contributed by atoms with van der Waals surface area (Å²) in [7, 11) is -2.02. The average molecular weight is 404 g/mol. The van der Waals surface area contributed by atoms with Gasteiger partial charge in [-0.3, -0.25) is 9.40 Å². The summed E-state index contributed by atoms with van der Waals surface area (Å²) in [6.45, 7) is 2.57. The highest BCUT2D eigenvalue weighted by Crippen LogP contribution is 2.39. The second-order valence-electron chi connectivity index (χ2n) is 7.78. The Morgan fingerprint density at radius 2 is 2.11 bits per heavy atom. The van der Waals surface area contributed by atoms with Crippen LogP contribution in [-0.4, -0.2) is 36.2 Å². The summed E-state index contributed by atoms with van der Waals surface area (Å²) in [6.07, 6.45) is 7.57. The van der Waals surface area contributed by atoms with Gasteiger partial charge in [0.15, 0.2) is 11.4 Å². The standard InChI is InChI=1S/C19H24N4O4S/c1-19(6-3-4-7-19)13-28(24,25)22-18-17-15(26-2)10-14(11-16(17)27-21-18)12-23-9-5-8-20-23/h5,8-11H,3-4,6-7,12-13H2,1-2H3,(H,21,22). The molecule has 2 heterocycles. The largest absolute Gasteiger partial charge is 0.496 e. The van der Waals surface area contributed by atoms with Gasteiger partial charge in [-0.25, -0.2) is 8.42 Å². The van der Waals surface area contributed by atoms with Crippen molar-refractivity contribution in [2.45, 2.75) is 39.2 Å². The van der Waals surface area contributed by atoms with E-state index in [4.69, 9.17) is 9.26 Å². The van der Waals surface area contributed by atoms with Crippen LogP contribution in [0.3, 0.4) is 0 Å². The number of hydrogen-bond acceptors (Lipinski definition) is 6. The molecule has 2 aromatic heterocycles. The van der Waals surface area contributed by atoms with Crippen molar-refractivity contribution in [2.24, 2.45) is 5.41 Å². The topological polar surface area (TPSA) is 99.2 Å². The van der Waals surface area contributed by atoms with Gasteiger partial charge in [-0.05, 0) is 42.0 Å². The van der Waals surface area contributed by atoms with E-state index < -0.39 is 10.0 Å². The average Bonchev–Trinajstić information content (AvgIpc) is 3.36. The fourth-order valence-corrected chi connectivity index (χ4v) is 5.72. The van der Waals surface area contributed by atoms with Gasteiger partial charge in [0.25, 0.3) is 0 Å². The maximum atomic E-state index is 12.7. The van der Waals surface area contributed by atoms with Crippen molar-refractivity contribution >= 4 is 26.8 Å². The molecule has 1 aliphatic carbocycles. The third-order valence-corrected chi connectivity index (χ3v) is 6.90. The van der Waals surface area contributed by atoms with Crippen LogP contribution in [-0.2, 0) is 16.6 Å². The first-order valence-corrected chi connectivity index (χ1v) is 11.0. The van der Waals surface area contributed by atoms with Crippen LogP contribution >= 0.6 is 0 Å². The van der Waals surface area contributed by atoms with Crippen molar-refractivity contribution in [3.8, 4) is 5.75 Å². The van der Waals surface area contributed by atoms with Gasteiger partial charge in [0.05, 0.1) is 19.4 Å². The molecule has 1 N–H and O–H groups in total. The smallest absolute Gasteiger partial charge is 0.234 e. The monoisotopic (exact) mass is 404 g/mol. The Labute approximate surface area is 163 Å². The predicted octanol–water partition coefficient (Wildman–Crippen LogP) is 3.40. The van der Waals surface area contributed by atoms with Crippen LogP contribution in [0.1, 0.15) is 38.2 Å². The third kappa shape index (κ3) is 3.84. The minimum absolute atomic E-state index is 0.0774. The number of methoxy groups -OCH3 is 1. The fraction of sp³-hybridized carbons (Fsp3) is 0.474. The first kappa shape index (κ1) is 18.8. The molecule has 0 amide bonds. The van der Waals surface area contributed by atoms with Crippen molar-refractivity contribution in [3.63, 3.8) is 0 Å². The summed E-state index contributed by atoms with van der Waals surface area (Å²) in [4.78, 5) is 0. The van der Waals surface area contributed by atoms with E-state index in [2.05, 4.69) is 15.0 Å². The molecule has 0 bridgehead atoms. The first-order chi connectivity index (χ1) is 13.4. The Balaban J connectivity index is 1.62. The van der Waals surface area contributed by atoms with Gasteiger partial charge < -0.3 is 9.26 Å². The number of sulfonamides is 1. The number of hydrogen-bond donors (Lipinski definition) is 1. The first-order valence-electron chi connectivity index (χ1n) is 9.32. The van der Waals surface area contributed by atoms with Gasteiger partial charge in [-0.15, -0.1) is 0 Å². The van der Waals surface area contributed by atoms with Gasteiger partial charge in [0.2, 0.25) is 10.0 Å². The van der Waals surface area contributed by atoms with Crippen LogP contribution in [0.2, 0.25) is 0 Å². The molecule has 28 heavy (non-hydrogen) atoms. The summed E-state index contributed by atoms with van der Waals surface area (Å²) >= 11 is 0. The second-order valence-corrected chi connectivity index (χ2v) is 9.51. The number of fused-ring (bicyclic) bond motifs is 1. The Morgan fingerprint density at radius 3 is 2.79 bits per heavy atom. The van der Waals surface area contributed by atoms with E-state index in [0.717, 1.165) is 31.2 Å². The summed E-state index contributed by atoms with van der Waals surface area (Å²) in [5.41, 5.74) is 1.19. The van der Waals surface area contributed by atoms with Crippen LogP contribution in [0.25, 0.3) is 11.0 Å². The molecule has 1 fully saturated rings. The molecular formula is C19H24N4O4S. The number of aromatic nitrogens is 3. The lowest BCUT2D eigenvalue weighted by molar-refractivity contribution is 0.382. The minimum Gasteiger partial charge on any atom is -0.496 e. The van der Waals surface area contributed by atoms with E-state index in [1.165, 1.54) is 7.11 Å². The second kappa shape index (κ2) is 7.12. The number of nitrogens with one attached hydrogen (secondary N) is 1. The van der Waals surface area contributed by atoms with Crippen molar-refractivity contribution < 1.29 is 17.7 Å². The van der Waals surface area contributed by atoms with Crippen molar-refractivity contribution in [1.29, 1.82) is 0 Å². The SMILES string of the molecule is COc1cc(Cn2cccn2)cc2onc(NS(=O)(=O)CC3(C)CCCC3)c12. The lowest BCUT2D eigenvalue weighted by atomic mass is 9.92. The maximum absolute atomic E-state index is 12.7. The van der Waals surface area contributed by atoms with Crippen LogP contribution < -0.4 is 9.46 Å². The molecule has 8 nitrogen and oxygen atoms in total. The van der Waals surface area contributed by atoms with Gasteiger partial charge in [-0.2, -0.15) is 5.10 Å². The van der Waals surface area contributed by atoms with Crippen molar-refractivity contribution in [1.82, 2.24) is 14.9 Å². The molecule has 0 saturated heterocycles. The summed E-state index contributed by atoms with van der Waals surface area (Å²) in [5.74, 6) is 0.749. The summed E-state index contributed by atoms with van der Waals surface area (Å²) < 4.78 is 40.8. The Morgan fingerprint density at radius 1 is 1.32 bits per heavy atom. The van der Waals surface area contributed by atoms with Crippen molar-refractivity contribution in [2.75, 3.05) is 17.6 Å². The molecule has 150 valence electrons. The number of nitrogens with zero attached hydrogens (tertiary/aromatic N) is 3. The van der Waals surface area contributed by atoms with E-state index in [1.807, 2.05) is 31.3 Å². The van der Waals surface area contributed by atoms with Gasteiger partial charge in [-0.1, -0.05) is 24.9 Å². The van der Waals surface area contributed by atoms with E-state index in [0.29, 0.717) is 23.3 Å². The fourth-order valence-electron chi connectivity index (χ4n) is 4.01. The van der Waals surface area contributed by atoms with E-state index in [9.17, 15) is 8.42 Å². The zero-order valence-electron chi connectivity index (χ0n) is 16.0. The highest BCUT2D eigenvalue weighted by atomic mass is 32.2. The van der Waals surface area contributed by atoms with Crippen LogP contribution in [0.15, 0.2) is 35.1 Å². The number of rotatable bonds is 7. The molecule has 9 heteroatoms. The molecule has 1 aliphatic rings. The molecule has 4 rings (SSSR count). The third-order valence-electron chi connectivity index (χ3n) is 5.32. The van der Waals surface area contributed by atoms with Gasteiger partial charge in [0.1, 0.15) is 11.1 Å². The Bertz CT molecular complexity index is 1070. The zero-order valence-corrected chi connectivity index (χ0v) is 16.8. The summed E-state index contributed by atoms with van der Waals surface area (Å²) in [6, 6.07) is 5.52. The molecule has 3 aromatic rings. The van der Waals surface area contributed by atoms with E-state index >= 15 is 0 Å². The Hall–Kier alpha value is -2.55. The van der Waals surface area contributed by atoms with Gasteiger partial charge in [0, 0.05) is 12.4 Å². The predicted molar refractivity (Wildman–Crippen MR) is 106 cm³/mol. The molecule has 0 unspecified atom stereocenters. The number of ether oxygens (including phenoxy) is 1.